The maximum Gasteiger partial charge on any atom is 0.268 e. The molecule has 0 spiro atoms. The summed E-state index contributed by atoms with van der Waals surface area (Å²) < 4.78 is 28.5. The van der Waals surface area contributed by atoms with Gasteiger partial charge in [0.2, 0.25) is 5.95 Å². The Hall–Kier alpha value is -2.98. The van der Waals surface area contributed by atoms with Crippen LogP contribution in [0.25, 0.3) is 22.2 Å². The molecule has 2 fully saturated rings. The quantitative estimate of drug-likeness (QED) is 0.273. The lowest BCUT2D eigenvalue weighted by Crippen LogP contribution is -2.43. The van der Waals surface area contributed by atoms with Crippen molar-refractivity contribution < 1.29 is 8.42 Å². The molecule has 1 aliphatic carbocycles. The number of hydrogen-bond acceptors (Lipinski definition) is 7. The maximum absolute atomic E-state index is 13.6. The van der Waals surface area contributed by atoms with Gasteiger partial charge in [0.05, 0.1) is 27.3 Å². The molecule has 2 N–H and O–H groups in total. The topological polar surface area (TPSA) is 92.1 Å². The van der Waals surface area contributed by atoms with E-state index in [-0.39, 0.29) is 10.9 Å². The molecule has 4 aromatic rings. The summed E-state index contributed by atoms with van der Waals surface area (Å²) in [4.78, 5) is 11.9. The summed E-state index contributed by atoms with van der Waals surface area (Å²) in [7, 11) is -1.62. The number of rotatable bonds is 8. The van der Waals surface area contributed by atoms with Crippen molar-refractivity contribution >= 4 is 38.5 Å². The van der Waals surface area contributed by atoms with Gasteiger partial charge in [0.25, 0.3) is 10.0 Å². The molecule has 3 heterocycles. The summed E-state index contributed by atoms with van der Waals surface area (Å²) >= 11 is 6.64. The lowest BCUT2D eigenvalue weighted by molar-refractivity contribution is 0.221. The van der Waals surface area contributed by atoms with Crippen LogP contribution in [0.1, 0.15) is 38.5 Å². The van der Waals surface area contributed by atoms with Crippen molar-refractivity contribution in [2.75, 3.05) is 32.0 Å². The molecule has 1 saturated heterocycles. The van der Waals surface area contributed by atoms with Crippen molar-refractivity contribution in [3.05, 3.63) is 72.0 Å². The molecule has 0 amide bonds. The monoisotopic (exact) mass is 592 g/mol. The minimum absolute atomic E-state index is 0.223. The van der Waals surface area contributed by atoms with Crippen LogP contribution in [0.2, 0.25) is 5.02 Å². The smallest absolute Gasteiger partial charge is 0.268 e. The molecule has 8 nitrogen and oxygen atoms in total. The van der Waals surface area contributed by atoms with Crippen LogP contribution in [0.4, 0.5) is 5.95 Å². The number of piperidine rings is 1. The highest BCUT2D eigenvalue weighted by Gasteiger charge is 2.26. The molecule has 0 radical (unpaired) electrons. The van der Waals surface area contributed by atoms with Gasteiger partial charge >= 0.3 is 0 Å². The Morgan fingerprint density at radius 1 is 0.976 bits per heavy atom. The second kappa shape index (κ2) is 12.1. The molecule has 6 rings (SSSR count). The van der Waals surface area contributed by atoms with E-state index in [4.69, 9.17) is 16.6 Å². The predicted molar refractivity (Wildman–Crippen MR) is 165 cm³/mol. The fraction of sp³-hybridized carbons (Fsp3) is 0.419. The Morgan fingerprint density at radius 2 is 1.73 bits per heavy atom. The largest absolute Gasteiger partial charge is 0.351 e. The molecule has 2 atom stereocenters. The van der Waals surface area contributed by atoms with Crippen molar-refractivity contribution in [3.8, 4) is 11.3 Å². The van der Waals surface area contributed by atoms with Crippen LogP contribution < -0.4 is 10.6 Å². The Morgan fingerprint density at radius 3 is 2.54 bits per heavy atom. The fourth-order valence-corrected chi connectivity index (χ4v) is 7.79. The van der Waals surface area contributed by atoms with Crippen molar-refractivity contribution in [3.63, 3.8) is 0 Å². The molecule has 216 valence electrons. The Kier molecular flexibility index (Phi) is 8.30. The van der Waals surface area contributed by atoms with E-state index in [9.17, 15) is 8.42 Å². The van der Waals surface area contributed by atoms with Crippen LogP contribution in [0, 0.1) is 5.92 Å². The fourth-order valence-electron chi connectivity index (χ4n) is 6.21. The predicted octanol–water partition coefficient (Wildman–Crippen LogP) is 5.64. The first-order valence-corrected chi connectivity index (χ1v) is 16.3. The zero-order valence-corrected chi connectivity index (χ0v) is 24.9. The molecular weight excluding hydrogens is 556 g/mol. The van der Waals surface area contributed by atoms with Crippen LogP contribution in [0.15, 0.2) is 71.9 Å². The zero-order valence-electron chi connectivity index (χ0n) is 23.3. The van der Waals surface area contributed by atoms with Crippen LogP contribution in [-0.2, 0) is 10.0 Å². The number of para-hydroxylation sites is 1. The first-order chi connectivity index (χ1) is 19.9. The minimum Gasteiger partial charge on any atom is -0.351 e. The highest BCUT2D eigenvalue weighted by Crippen LogP contribution is 2.36. The minimum atomic E-state index is -3.81. The van der Waals surface area contributed by atoms with E-state index in [1.54, 1.807) is 48.8 Å². The molecule has 0 bridgehead atoms. The van der Waals surface area contributed by atoms with Gasteiger partial charge in [0, 0.05) is 29.2 Å². The van der Waals surface area contributed by atoms with E-state index < -0.39 is 10.0 Å². The lowest BCUT2D eigenvalue weighted by Gasteiger charge is -2.33. The maximum atomic E-state index is 13.6. The molecule has 2 aliphatic rings. The van der Waals surface area contributed by atoms with Gasteiger partial charge in [-0.3, -0.25) is 0 Å². The molecule has 1 aliphatic heterocycles. The van der Waals surface area contributed by atoms with E-state index in [0.29, 0.717) is 39.7 Å². The van der Waals surface area contributed by atoms with Crippen LogP contribution in [0.3, 0.4) is 0 Å². The standard InChI is InChI=1S/C31H37ClN6O2S/c1-37-16-14-23(15-17-37)33-19-22-8-7-9-24(18-22)35-31-34-20-28(32)30(36-31)27-21-38(29-13-6-5-12-26(27)29)41(39,40)25-10-3-2-4-11-25/h2-6,10-13,20-24,33H,7-9,14-19H2,1H3,(H,34,35,36). The Bertz CT molecular complexity index is 1600. The third kappa shape index (κ3) is 6.14. The van der Waals surface area contributed by atoms with Gasteiger partial charge in [-0.25, -0.2) is 22.4 Å². The van der Waals surface area contributed by atoms with Crippen molar-refractivity contribution in [1.29, 1.82) is 0 Å². The van der Waals surface area contributed by atoms with Gasteiger partial charge in [-0.2, -0.15) is 0 Å². The van der Waals surface area contributed by atoms with E-state index in [0.717, 1.165) is 24.8 Å². The first-order valence-electron chi connectivity index (χ1n) is 14.5. The average molecular weight is 593 g/mol. The van der Waals surface area contributed by atoms with Gasteiger partial charge in [0.1, 0.15) is 0 Å². The summed E-state index contributed by atoms with van der Waals surface area (Å²) in [5.41, 5.74) is 1.74. The van der Waals surface area contributed by atoms with Gasteiger partial charge < -0.3 is 15.5 Å². The van der Waals surface area contributed by atoms with Gasteiger partial charge in [-0.1, -0.05) is 54.4 Å². The second-order valence-electron chi connectivity index (χ2n) is 11.4. The molecule has 2 aromatic carbocycles. The number of likely N-dealkylation sites (tertiary alicyclic amines) is 1. The summed E-state index contributed by atoms with van der Waals surface area (Å²) in [6.07, 6.45) is 10.2. The SMILES string of the molecule is CN1CCC(NCC2CCCC(Nc3ncc(Cl)c(-c4cn(S(=O)(=O)c5ccccc5)c5ccccc45)n3)C2)CC1. The number of halogens is 1. The van der Waals surface area contributed by atoms with Crippen molar-refractivity contribution in [1.82, 2.24) is 24.2 Å². The number of benzene rings is 2. The van der Waals surface area contributed by atoms with Gasteiger partial charge in [-0.05, 0) is 82.9 Å². The highest BCUT2D eigenvalue weighted by atomic mass is 35.5. The summed E-state index contributed by atoms with van der Waals surface area (Å²) in [5.74, 6) is 1.13. The molecular formula is C31H37ClN6O2S. The molecule has 2 unspecified atom stereocenters. The molecule has 41 heavy (non-hydrogen) atoms. The van der Waals surface area contributed by atoms with Crippen molar-refractivity contribution in [2.24, 2.45) is 5.92 Å². The number of fused-ring (bicyclic) bond motifs is 1. The number of hydrogen-bond donors (Lipinski definition) is 2. The van der Waals surface area contributed by atoms with E-state index in [2.05, 4.69) is 27.6 Å². The third-order valence-electron chi connectivity index (χ3n) is 8.51. The average Bonchev–Trinajstić information content (AvgIpc) is 3.39. The molecule has 1 saturated carbocycles. The third-order valence-corrected chi connectivity index (χ3v) is 10.5. The number of nitrogens with zero attached hydrogens (tertiary/aromatic N) is 4. The summed E-state index contributed by atoms with van der Waals surface area (Å²) in [5, 5.41) is 8.52. The van der Waals surface area contributed by atoms with Gasteiger partial charge in [-0.15, -0.1) is 0 Å². The van der Waals surface area contributed by atoms with E-state index in [1.165, 1.54) is 42.7 Å². The number of anilines is 1. The number of nitrogens with one attached hydrogen (secondary N) is 2. The summed E-state index contributed by atoms with van der Waals surface area (Å²) in [6.45, 7) is 3.38. The first kappa shape index (κ1) is 28.2. The normalized spacial score (nSPS) is 20.8. The second-order valence-corrected chi connectivity index (χ2v) is 13.6. The molecule has 10 heteroatoms. The highest BCUT2D eigenvalue weighted by molar-refractivity contribution is 7.90. The van der Waals surface area contributed by atoms with Crippen LogP contribution in [0.5, 0.6) is 0 Å². The van der Waals surface area contributed by atoms with Crippen molar-refractivity contribution in [2.45, 2.75) is 55.5 Å². The molecule has 2 aromatic heterocycles. The number of aromatic nitrogens is 3. The lowest BCUT2D eigenvalue weighted by atomic mass is 9.85. The van der Waals surface area contributed by atoms with Crippen LogP contribution in [-0.4, -0.2) is 66.0 Å². The Balaban J connectivity index is 1.22. The van der Waals surface area contributed by atoms with E-state index >= 15 is 0 Å². The Labute approximate surface area is 247 Å². The van der Waals surface area contributed by atoms with Crippen LogP contribution >= 0.6 is 11.6 Å². The summed E-state index contributed by atoms with van der Waals surface area (Å²) in [6, 6.07) is 16.8. The zero-order chi connectivity index (χ0) is 28.4. The van der Waals surface area contributed by atoms with E-state index in [1.807, 2.05) is 18.2 Å². The van der Waals surface area contributed by atoms with Gasteiger partial charge in [0.15, 0.2) is 0 Å².